The number of pyridine rings is 1. The first-order valence-electron chi connectivity index (χ1n) is 10.1. The molecule has 0 amide bonds. The van der Waals surface area contributed by atoms with Gasteiger partial charge in [-0.1, -0.05) is 12.1 Å². The molecule has 0 saturated carbocycles. The molecule has 3 heterocycles. The van der Waals surface area contributed by atoms with E-state index in [0.717, 1.165) is 35.4 Å². The number of aliphatic hydroxyl groups is 1. The fraction of sp³-hybridized carbons (Fsp3) is 0.435. The van der Waals surface area contributed by atoms with Crippen molar-refractivity contribution in [3.63, 3.8) is 0 Å². The number of nitrogens with one attached hydrogen (secondary N) is 2. The molecule has 1 saturated heterocycles. The third kappa shape index (κ3) is 5.64. The number of hydrogen-bond acceptors (Lipinski definition) is 4. The average molecular weight is 382 g/mol. The van der Waals surface area contributed by atoms with Crippen molar-refractivity contribution in [3.8, 4) is 11.3 Å². The standard InChI is InChI=1S/C18H20N2O.C5H11NO/c1-12(2)21-11-16-5-4-6-17(20-16)14-7-8-18-15(10-14)9-13(3)19-18;7-4-5-2-1-3-6-5/h4-10,12,19H,11H2,1-3H3;5-7H,1-4H2. The molecule has 1 aliphatic heterocycles. The van der Waals surface area contributed by atoms with E-state index in [4.69, 9.17) is 14.8 Å². The lowest BCUT2D eigenvalue weighted by Crippen LogP contribution is -2.24. The molecular weight excluding hydrogens is 350 g/mol. The number of benzene rings is 1. The van der Waals surface area contributed by atoms with Gasteiger partial charge in [0, 0.05) is 28.2 Å². The van der Waals surface area contributed by atoms with Crippen molar-refractivity contribution >= 4 is 10.9 Å². The van der Waals surface area contributed by atoms with Gasteiger partial charge in [0.05, 0.1) is 30.7 Å². The van der Waals surface area contributed by atoms with Gasteiger partial charge in [-0.15, -0.1) is 0 Å². The summed E-state index contributed by atoms with van der Waals surface area (Å²) in [6.45, 7) is 8.09. The van der Waals surface area contributed by atoms with Gasteiger partial charge in [0.2, 0.25) is 0 Å². The van der Waals surface area contributed by atoms with E-state index in [1.807, 2.05) is 32.0 Å². The highest BCUT2D eigenvalue weighted by Crippen LogP contribution is 2.24. The molecule has 0 spiro atoms. The van der Waals surface area contributed by atoms with Crippen LogP contribution in [-0.2, 0) is 11.3 Å². The third-order valence-corrected chi connectivity index (χ3v) is 4.81. The molecular formula is C23H31N3O2. The Bertz CT molecular complexity index is 882. The van der Waals surface area contributed by atoms with E-state index in [1.54, 1.807) is 0 Å². The first kappa shape index (κ1) is 20.5. The van der Waals surface area contributed by atoms with E-state index in [-0.39, 0.29) is 6.10 Å². The lowest BCUT2D eigenvalue weighted by Gasteiger charge is -2.08. The molecule has 0 radical (unpaired) electrons. The van der Waals surface area contributed by atoms with Gasteiger partial charge in [-0.05, 0) is 70.5 Å². The summed E-state index contributed by atoms with van der Waals surface area (Å²) in [6.07, 6.45) is 2.59. The predicted octanol–water partition coefficient (Wildman–Crippen LogP) is 4.19. The van der Waals surface area contributed by atoms with Crippen molar-refractivity contribution in [1.82, 2.24) is 15.3 Å². The van der Waals surface area contributed by atoms with Crippen molar-refractivity contribution in [3.05, 3.63) is 53.9 Å². The van der Waals surface area contributed by atoms with Crippen LogP contribution in [0.15, 0.2) is 42.5 Å². The minimum Gasteiger partial charge on any atom is -0.395 e. The van der Waals surface area contributed by atoms with Crippen molar-refractivity contribution < 1.29 is 9.84 Å². The fourth-order valence-electron chi connectivity index (χ4n) is 3.32. The Morgan fingerprint density at radius 2 is 2.07 bits per heavy atom. The number of aromatic amines is 1. The van der Waals surface area contributed by atoms with E-state index in [1.165, 1.54) is 17.5 Å². The van der Waals surface area contributed by atoms with E-state index >= 15 is 0 Å². The maximum absolute atomic E-state index is 8.50. The molecule has 5 nitrogen and oxygen atoms in total. The smallest absolute Gasteiger partial charge is 0.0891 e. The van der Waals surface area contributed by atoms with E-state index in [2.05, 4.69) is 41.5 Å². The van der Waals surface area contributed by atoms with Crippen LogP contribution in [0.1, 0.15) is 38.1 Å². The highest BCUT2D eigenvalue weighted by atomic mass is 16.5. The average Bonchev–Trinajstić information content (AvgIpc) is 3.35. The Labute approximate surface area is 167 Å². The molecule has 150 valence electrons. The van der Waals surface area contributed by atoms with Gasteiger partial charge in [-0.25, -0.2) is 0 Å². The molecule has 0 aliphatic carbocycles. The second-order valence-electron chi connectivity index (χ2n) is 7.60. The molecule has 2 aromatic heterocycles. The molecule has 1 fully saturated rings. The Hall–Kier alpha value is -2.21. The van der Waals surface area contributed by atoms with Crippen LogP contribution < -0.4 is 5.32 Å². The maximum Gasteiger partial charge on any atom is 0.0891 e. The summed E-state index contributed by atoms with van der Waals surface area (Å²) in [5.74, 6) is 0. The van der Waals surface area contributed by atoms with Gasteiger partial charge < -0.3 is 20.1 Å². The van der Waals surface area contributed by atoms with Crippen LogP contribution in [0.4, 0.5) is 0 Å². The number of aliphatic hydroxyl groups excluding tert-OH is 1. The molecule has 4 rings (SSSR count). The largest absolute Gasteiger partial charge is 0.395 e. The lowest BCUT2D eigenvalue weighted by atomic mass is 10.1. The normalized spacial score (nSPS) is 16.4. The van der Waals surface area contributed by atoms with Gasteiger partial charge in [-0.3, -0.25) is 4.98 Å². The van der Waals surface area contributed by atoms with Gasteiger partial charge >= 0.3 is 0 Å². The second kappa shape index (κ2) is 9.82. The summed E-state index contributed by atoms with van der Waals surface area (Å²) >= 11 is 0. The highest BCUT2D eigenvalue weighted by Gasteiger charge is 2.10. The molecule has 3 aromatic rings. The van der Waals surface area contributed by atoms with Crippen molar-refractivity contribution in [1.29, 1.82) is 0 Å². The summed E-state index contributed by atoms with van der Waals surface area (Å²) < 4.78 is 5.62. The topological polar surface area (TPSA) is 70.2 Å². The highest BCUT2D eigenvalue weighted by molar-refractivity contribution is 5.85. The first-order valence-corrected chi connectivity index (χ1v) is 10.1. The summed E-state index contributed by atoms with van der Waals surface area (Å²) in [5, 5.41) is 12.9. The summed E-state index contributed by atoms with van der Waals surface area (Å²) in [7, 11) is 0. The van der Waals surface area contributed by atoms with Gasteiger partial charge in [-0.2, -0.15) is 0 Å². The number of rotatable bonds is 5. The van der Waals surface area contributed by atoms with Crippen LogP contribution >= 0.6 is 0 Å². The number of ether oxygens (including phenoxy) is 1. The van der Waals surface area contributed by atoms with Crippen LogP contribution in [0.2, 0.25) is 0 Å². The number of aryl methyl sites for hydroxylation is 1. The number of nitrogens with zero attached hydrogens (tertiary/aromatic N) is 1. The number of aromatic nitrogens is 2. The Balaban J connectivity index is 0.000000271. The SMILES string of the molecule is Cc1cc2cc(-c3cccc(COC(C)C)n3)ccc2[nH]1.OCC1CCCN1. The first-order chi connectivity index (χ1) is 13.5. The van der Waals surface area contributed by atoms with Crippen LogP contribution in [0, 0.1) is 6.92 Å². The Kier molecular flexibility index (Phi) is 7.20. The fourth-order valence-corrected chi connectivity index (χ4v) is 3.32. The molecule has 28 heavy (non-hydrogen) atoms. The molecule has 1 atom stereocenters. The molecule has 5 heteroatoms. The predicted molar refractivity (Wildman–Crippen MR) is 114 cm³/mol. The summed E-state index contributed by atoms with van der Waals surface area (Å²) in [4.78, 5) is 8.03. The zero-order chi connectivity index (χ0) is 19.9. The van der Waals surface area contributed by atoms with E-state index in [0.29, 0.717) is 19.3 Å². The van der Waals surface area contributed by atoms with Crippen LogP contribution in [0.3, 0.4) is 0 Å². The van der Waals surface area contributed by atoms with Crippen molar-refractivity contribution in [2.24, 2.45) is 0 Å². The molecule has 1 aromatic carbocycles. The van der Waals surface area contributed by atoms with Gasteiger partial charge in [0.1, 0.15) is 0 Å². The van der Waals surface area contributed by atoms with E-state index < -0.39 is 0 Å². The molecule has 0 bridgehead atoms. The van der Waals surface area contributed by atoms with Crippen LogP contribution in [0.25, 0.3) is 22.2 Å². The zero-order valence-corrected chi connectivity index (χ0v) is 17.0. The van der Waals surface area contributed by atoms with Crippen molar-refractivity contribution in [2.75, 3.05) is 13.2 Å². The minimum atomic E-state index is 0.217. The monoisotopic (exact) mass is 381 g/mol. The molecule has 3 N–H and O–H groups in total. The van der Waals surface area contributed by atoms with Gasteiger partial charge in [0.15, 0.2) is 0 Å². The number of H-pyrrole nitrogens is 1. The minimum absolute atomic E-state index is 0.217. The summed E-state index contributed by atoms with van der Waals surface area (Å²) in [5.41, 5.74) is 5.42. The second-order valence-corrected chi connectivity index (χ2v) is 7.60. The van der Waals surface area contributed by atoms with Crippen LogP contribution in [0.5, 0.6) is 0 Å². The lowest BCUT2D eigenvalue weighted by molar-refractivity contribution is 0.0636. The third-order valence-electron chi connectivity index (χ3n) is 4.81. The molecule has 1 unspecified atom stereocenters. The number of fused-ring (bicyclic) bond motifs is 1. The van der Waals surface area contributed by atoms with Crippen molar-refractivity contribution in [2.45, 2.75) is 52.4 Å². The maximum atomic E-state index is 8.50. The summed E-state index contributed by atoms with van der Waals surface area (Å²) in [6, 6.07) is 15.0. The zero-order valence-electron chi connectivity index (χ0n) is 17.0. The van der Waals surface area contributed by atoms with Gasteiger partial charge in [0.25, 0.3) is 0 Å². The quantitative estimate of drug-likeness (QED) is 0.620. The number of hydrogen-bond donors (Lipinski definition) is 3. The Morgan fingerprint density at radius 1 is 1.21 bits per heavy atom. The van der Waals surface area contributed by atoms with Crippen LogP contribution in [-0.4, -0.2) is 40.4 Å². The Morgan fingerprint density at radius 3 is 2.75 bits per heavy atom. The van der Waals surface area contributed by atoms with E-state index in [9.17, 15) is 0 Å². The molecule has 1 aliphatic rings.